The summed E-state index contributed by atoms with van der Waals surface area (Å²) in [6, 6.07) is 0.279. The van der Waals surface area contributed by atoms with Crippen LogP contribution in [0.3, 0.4) is 0 Å². The predicted octanol–water partition coefficient (Wildman–Crippen LogP) is 2.05. The van der Waals surface area contributed by atoms with E-state index in [1.54, 1.807) is 11.3 Å². The van der Waals surface area contributed by atoms with E-state index in [0.29, 0.717) is 11.8 Å². The molecule has 0 aromatic carbocycles. The molecular weight excluding hydrogens is 246 g/mol. The molecule has 2 N–H and O–H groups in total. The molecule has 2 atom stereocenters. The van der Waals surface area contributed by atoms with Gasteiger partial charge in [-0.25, -0.2) is 0 Å². The normalized spacial score (nSPS) is 28.9. The monoisotopic (exact) mass is 263 g/mol. The van der Waals surface area contributed by atoms with Crippen molar-refractivity contribution in [3.05, 3.63) is 10.8 Å². The fourth-order valence-corrected chi connectivity index (χ4v) is 4.07. The minimum absolute atomic E-state index is 0.279. The van der Waals surface area contributed by atoms with Crippen LogP contribution in [0.15, 0.2) is 0 Å². The van der Waals surface area contributed by atoms with Crippen molar-refractivity contribution in [1.29, 1.82) is 0 Å². The van der Waals surface area contributed by atoms with Crippen molar-refractivity contribution in [3.8, 4) is 0 Å². The molecular formula is C12H17N5S. The zero-order valence-corrected chi connectivity index (χ0v) is 11.1. The molecule has 0 spiro atoms. The highest BCUT2D eigenvalue weighted by atomic mass is 32.1. The summed E-state index contributed by atoms with van der Waals surface area (Å²) in [5, 5.41) is 14.5. The second kappa shape index (κ2) is 3.99. The molecule has 2 saturated carbocycles. The molecule has 2 aromatic rings. The van der Waals surface area contributed by atoms with Gasteiger partial charge in [0.15, 0.2) is 5.82 Å². The Bertz CT molecular complexity index is 570. The Morgan fingerprint density at radius 2 is 1.94 bits per heavy atom. The van der Waals surface area contributed by atoms with Gasteiger partial charge in [0.05, 0.1) is 0 Å². The molecule has 4 rings (SSSR count). The topological polar surface area (TPSA) is 69.1 Å². The summed E-state index contributed by atoms with van der Waals surface area (Å²) >= 11 is 1.67. The van der Waals surface area contributed by atoms with Crippen molar-refractivity contribution in [3.63, 3.8) is 0 Å². The Kier molecular flexibility index (Phi) is 2.41. The molecule has 96 valence electrons. The Balaban J connectivity index is 1.72. The van der Waals surface area contributed by atoms with Crippen LogP contribution in [-0.2, 0) is 0 Å². The Morgan fingerprint density at radius 1 is 1.11 bits per heavy atom. The molecule has 2 fully saturated rings. The number of nitrogens with zero attached hydrogens (tertiary/aromatic N) is 4. The van der Waals surface area contributed by atoms with Crippen LogP contribution in [-0.4, -0.2) is 25.9 Å². The summed E-state index contributed by atoms with van der Waals surface area (Å²) in [6.45, 7) is 0. The molecule has 18 heavy (non-hydrogen) atoms. The van der Waals surface area contributed by atoms with Gasteiger partial charge in [0.2, 0.25) is 4.96 Å². The van der Waals surface area contributed by atoms with Gasteiger partial charge in [-0.1, -0.05) is 24.2 Å². The van der Waals surface area contributed by atoms with E-state index in [9.17, 15) is 0 Å². The average Bonchev–Trinajstić information content (AvgIpc) is 2.92. The molecule has 2 unspecified atom stereocenters. The highest BCUT2D eigenvalue weighted by Gasteiger charge is 2.31. The van der Waals surface area contributed by atoms with Gasteiger partial charge in [-0.2, -0.15) is 9.61 Å². The van der Waals surface area contributed by atoms with E-state index in [1.807, 2.05) is 4.52 Å². The van der Waals surface area contributed by atoms with Crippen LogP contribution in [0.2, 0.25) is 0 Å². The number of aromatic nitrogens is 4. The number of hydrogen-bond donors (Lipinski definition) is 1. The number of nitrogens with two attached hydrogens (primary N) is 1. The summed E-state index contributed by atoms with van der Waals surface area (Å²) in [4.78, 5) is 0.936. The Hall–Kier alpha value is -1.01. The maximum absolute atomic E-state index is 6.16. The fourth-order valence-electron chi connectivity index (χ4n) is 3.01. The van der Waals surface area contributed by atoms with E-state index in [2.05, 4.69) is 10.2 Å². The highest BCUT2D eigenvalue weighted by Crippen LogP contribution is 2.38. The summed E-state index contributed by atoms with van der Waals surface area (Å²) in [5.74, 6) is 2.07. The van der Waals surface area contributed by atoms with Crippen molar-refractivity contribution < 1.29 is 0 Å². The van der Waals surface area contributed by atoms with Gasteiger partial charge >= 0.3 is 0 Å². The Morgan fingerprint density at radius 3 is 2.61 bits per heavy atom. The minimum atomic E-state index is 0.279. The molecule has 2 aliphatic rings. The first-order chi connectivity index (χ1) is 8.83. The lowest BCUT2D eigenvalue weighted by atomic mass is 9.85. The lowest BCUT2D eigenvalue weighted by Gasteiger charge is -2.22. The summed E-state index contributed by atoms with van der Waals surface area (Å²) < 4.78 is 1.97. The zero-order valence-electron chi connectivity index (χ0n) is 10.2. The molecule has 0 amide bonds. The molecule has 0 saturated heterocycles. The maximum atomic E-state index is 6.16. The molecule has 6 heteroatoms. The summed E-state index contributed by atoms with van der Waals surface area (Å²) in [7, 11) is 0. The van der Waals surface area contributed by atoms with Gasteiger partial charge in [0.1, 0.15) is 5.01 Å². The lowest BCUT2D eigenvalue weighted by Crippen LogP contribution is -2.22. The van der Waals surface area contributed by atoms with Gasteiger partial charge in [-0.15, -0.1) is 10.2 Å². The first kappa shape index (κ1) is 10.9. The largest absolute Gasteiger partial charge is 0.327 e. The fraction of sp³-hybridized carbons (Fsp3) is 0.750. The van der Waals surface area contributed by atoms with Crippen LogP contribution in [0.25, 0.3) is 4.96 Å². The third-order valence-corrected chi connectivity index (χ3v) is 5.42. The molecule has 2 aromatic heterocycles. The molecule has 0 bridgehead atoms. The van der Waals surface area contributed by atoms with Crippen LogP contribution in [0.5, 0.6) is 0 Å². The summed E-state index contributed by atoms with van der Waals surface area (Å²) in [5.41, 5.74) is 6.16. The number of fused-ring (bicyclic) bond motifs is 1. The maximum Gasteiger partial charge on any atom is 0.234 e. The summed E-state index contributed by atoms with van der Waals surface area (Å²) in [6.07, 6.45) is 7.29. The number of rotatable bonds is 2. The van der Waals surface area contributed by atoms with E-state index in [4.69, 9.17) is 10.8 Å². The van der Waals surface area contributed by atoms with E-state index in [-0.39, 0.29) is 6.04 Å². The second-order valence-corrected chi connectivity index (χ2v) is 6.51. The van der Waals surface area contributed by atoms with E-state index in [1.165, 1.54) is 32.1 Å². The minimum Gasteiger partial charge on any atom is -0.327 e. The quantitative estimate of drug-likeness (QED) is 0.900. The Labute approximate surface area is 109 Å². The van der Waals surface area contributed by atoms with Gasteiger partial charge in [0, 0.05) is 17.9 Å². The smallest absolute Gasteiger partial charge is 0.234 e. The molecule has 2 heterocycles. The van der Waals surface area contributed by atoms with Crippen LogP contribution in [0.1, 0.15) is 61.2 Å². The van der Waals surface area contributed by atoms with Crippen LogP contribution in [0, 0.1) is 0 Å². The standard InChI is InChI=1S/C12H17N5S/c13-9-6-2-5-8(9)11-16-17-10(7-3-1-4-7)14-15-12(17)18-11/h7-9H,1-6,13H2. The second-order valence-electron chi connectivity index (χ2n) is 5.52. The molecule has 0 aliphatic heterocycles. The van der Waals surface area contributed by atoms with Gasteiger partial charge < -0.3 is 5.73 Å². The highest BCUT2D eigenvalue weighted by molar-refractivity contribution is 7.16. The molecule has 0 radical (unpaired) electrons. The van der Waals surface area contributed by atoms with Crippen LogP contribution >= 0.6 is 11.3 Å². The van der Waals surface area contributed by atoms with E-state index < -0.39 is 0 Å². The number of hydrogen-bond acceptors (Lipinski definition) is 5. The van der Waals surface area contributed by atoms with Crippen molar-refractivity contribution in [2.24, 2.45) is 5.73 Å². The van der Waals surface area contributed by atoms with Crippen LogP contribution in [0.4, 0.5) is 0 Å². The van der Waals surface area contributed by atoms with Crippen molar-refractivity contribution in [1.82, 2.24) is 19.8 Å². The van der Waals surface area contributed by atoms with Crippen molar-refractivity contribution >= 4 is 16.3 Å². The van der Waals surface area contributed by atoms with E-state index in [0.717, 1.165) is 22.2 Å². The predicted molar refractivity (Wildman–Crippen MR) is 69.8 cm³/mol. The molecule has 5 nitrogen and oxygen atoms in total. The van der Waals surface area contributed by atoms with Crippen molar-refractivity contribution in [2.45, 2.75) is 56.4 Å². The zero-order chi connectivity index (χ0) is 12.1. The van der Waals surface area contributed by atoms with Gasteiger partial charge in [0.25, 0.3) is 0 Å². The molecule has 2 aliphatic carbocycles. The third kappa shape index (κ3) is 1.52. The van der Waals surface area contributed by atoms with Gasteiger partial charge in [-0.05, 0) is 25.7 Å². The lowest BCUT2D eigenvalue weighted by molar-refractivity contribution is 0.394. The first-order valence-corrected chi connectivity index (χ1v) is 7.62. The van der Waals surface area contributed by atoms with Crippen LogP contribution < -0.4 is 5.73 Å². The van der Waals surface area contributed by atoms with Gasteiger partial charge in [-0.3, -0.25) is 0 Å². The van der Waals surface area contributed by atoms with E-state index >= 15 is 0 Å². The SMILES string of the molecule is NC1CCCC1c1nn2c(C3CCC3)nnc2s1. The average molecular weight is 263 g/mol. The third-order valence-electron chi connectivity index (χ3n) is 4.39. The van der Waals surface area contributed by atoms with Crippen molar-refractivity contribution in [2.75, 3.05) is 0 Å². The first-order valence-electron chi connectivity index (χ1n) is 6.80.